The number of nitrogens with one attached hydrogen (secondary N) is 3. The van der Waals surface area contributed by atoms with Crippen molar-refractivity contribution in [2.24, 2.45) is 17.4 Å². The summed E-state index contributed by atoms with van der Waals surface area (Å²) in [5.74, 6) is -6.64. The number of hydrogen-bond donors (Lipinski definition) is 8. The average Bonchev–Trinajstić information content (AvgIpc) is 2.67. The van der Waals surface area contributed by atoms with Crippen molar-refractivity contribution >= 4 is 35.6 Å². The van der Waals surface area contributed by atoms with Gasteiger partial charge < -0.3 is 42.7 Å². The third kappa shape index (κ3) is 11.8. The molecule has 0 aromatic rings. The third-order valence-electron chi connectivity index (χ3n) is 4.46. The number of rotatable bonds is 15. The molecule has 0 radical (unpaired) electrons. The lowest BCUT2D eigenvalue weighted by atomic mass is 10.0. The predicted octanol–water partition coefficient (Wildman–Crippen LogP) is -2.98. The van der Waals surface area contributed by atoms with Gasteiger partial charge in [-0.2, -0.15) is 0 Å². The van der Waals surface area contributed by atoms with Crippen LogP contribution in [0.3, 0.4) is 0 Å². The lowest BCUT2D eigenvalue weighted by molar-refractivity contribution is -0.143. The number of nitrogens with two attached hydrogens (primary N) is 2. The second-order valence-corrected chi connectivity index (χ2v) is 8.02. The summed E-state index contributed by atoms with van der Waals surface area (Å²) in [6, 6.07) is -5.77. The highest BCUT2D eigenvalue weighted by atomic mass is 16.4. The Labute approximate surface area is 190 Å². The molecule has 14 heteroatoms. The number of primary amides is 1. The number of aliphatic hydroxyl groups is 1. The van der Waals surface area contributed by atoms with Gasteiger partial charge in [0.05, 0.1) is 12.5 Å². The number of aliphatic hydroxyl groups excluding tert-OH is 1. The molecule has 4 amide bonds. The van der Waals surface area contributed by atoms with Gasteiger partial charge in [-0.3, -0.25) is 24.0 Å². The second kappa shape index (κ2) is 14.0. The van der Waals surface area contributed by atoms with Crippen LogP contribution in [-0.2, 0) is 28.8 Å². The van der Waals surface area contributed by atoms with Crippen molar-refractivity contribution in [3.8, 4) is 0 Å². The lowest BCUT2D eigenvalue weighted by Crippen LogP contribution is -2.58. The monoisotopic (exact) mass is 475 g/mol. The molecule has 0 fully saturated rings. The van der Waals surface area contributed by atoms with Crippen LogP contribution in [0.25, 0.3) is 0 Å². The first-order valence-corrected chi connectivity index (χ1v) is 10.2. The summed E-state index contributed by atoms with van der Waals surface area (Å²) in [5, 5.41) is 34.2. The number of hydrogen-bond acceptors (Lipinski definition) is 8. The third-order valence-corrected chi connectivity index (χ3v) is 4.46. The fourth-order valence-electron chi connectivity index (χ4n) is 2.67. The molecule has 0 aromatic carbocycles. The van der Waals surface area contributed by atoms with Crippen LogP contribution in [-0.4, -0.2) is 81.2 Å². The van der Waals surface area contributed by atoms with Crippen molar-refractivity contribution in [3.63, 3.8) is 0 Å². The van der Waals surface area contributed by atoms with Gasteiger partial charge in [-0.15, -0.1) is 0 Å². The topological polar surface area (TPSA) is 251 Å². The zero-order valence-corrected chi connectivity index (χ0v) is 18.7. The summed E-state index contributed by atoms with van der Waals surface area (Å²) in [7, 11) is 0. The molecule has 0 heterocycles. The van der Waals surface area contributed by atoms with Crippen molar-refractivity contribution < 1.29 is 44.1 Å². The first-order chi connectivity index (χ1) is 15.1. The van der Waals surface area contributed by atoms with Gasteiger partial charge in [0.25, 0.3) is 0 Å². The average molecular weight is 475 g/mol. The zero-order valence-electron chi connectivity index (χ0n) is 18.7. The van der Waals surface area contributed by atoms with Crippen molar-refractivity contribution in [1.82, 2.24) is 16.0 Å². The van der Waals surface area contributed by atoms with E-state index < -0.39 is 85.1 Å². The van der Waals surface area contributed by atoms with E-state index in [2.05, 4.69) is 16.0 Å². The minimum atomic E-state index is -1.58. The SMILES string of the molecule is CC(C)CC(NC(=O)C(CC(N)=O)NC(=O)C(CCC(=O)O)NC(=O)C(N)C(C)O)C(=O)O. The molecule has 0 saturated carbocycles. The number of carbonyl (C=O) groups is 6. The Morgan fingerprint density at radius 1 is 0.818 bits per heavy atom. The Morgan fingerprint density at radius 3 is 1.73 bits per heavy atom. The number of carboxylic acids is 2. The summed E-state index contributed by atoms with van der Waals surface area (Å²) in [5.41, 5.74) is 10.6. The van der Waals surface area contributed by atoms with Crippen LogP contribution in [0.5, 0.6) is 0 Å². The van der Waals surface area contributed by atoms with Gasteiger partial charge in [0, 0.05) is 6.42 Å². The van der Waals surface area contributed by atoms with Crippen molar-refractivity contribution in [3.05, 3.63) is 0 Å². The van der Waals surface area contributed by atoms with Crippen LogP contribution < -0.4 is 27.4 Å². The van der Waals surface area contributed by atoms with E-state index in [1.807, 2.05) is 0 Å². The summed E-state index contributed by atoms with van der Waals surface area (Å²) in [6.07, 6.45) is -2.80. The normalized spacial score (nSPS) is 15.5. The molecular weight excluding hydrogens is 442 g/mol. The number of carboxylic acid groups (broad SMARTS) is 2. The minimum Gasteiger partial charge on any atom is -0.481 e. The van der Waals surface area contributed by atoms with E-state index in [0.29, 0.717) is 0 Å². The van der Waals surface area contributed by atoms with Gasteiger partial charge in [-0.25, -0.2) is 4.79 Å². The van der Waals surface area contributed by atoms with Gasteiger partial charge in [-0.05, 0) is 25.7 Å². The molecule has 0 saturated heterocycles. The molecule has 5 unspecified atom stereocenters. The Morgan fingerprint density at radius 2 is 1.30 bits per heavy atom. The molecule has 0 bridgehead atoms. The molecule has 5 atom stereocenters. The zero-order chi connectivity index (χ0) is 25.9. The van der Waals surface area contributed by atoms with Crippen LogP contribution in [0.15, 0.2) is 0 Å². The largest absolute Gasteiger partial charge is 0.481 e. The fourth-order valence-corrected chi connectivity index (χ4v) is 2.67. The quantitative estimate of drug-likeness (QED) is 0.119. The highest BCUT2D eigenvalue weighted by Crippen LogP contribution is 2.07. The number of amides is 4. The molecule has 0 aliphatic heterocycles. The summed E-state index contributed by atoms with van der Waals surface area (Å²) >= 11 is 0. The van der Waals surface area contributed by atoms with E-state index in [1.165, 1.54) is 6.92 Å². The maximum Gasteiger partial charge on any atom is 0.326 e. The molecule has 0 aliphatic rings. The molecule has 10 N–H and O–H groups in total. The molecule has 188 valence electrons. The van der Waals surface area contributed by atoms with Gasteiger partial charge in [0.1, 0.15) is 24.2 Å². The number of carbonyl (C=O) groups excluding carboxylic acids is 4. The maximum atomic E-state index is 12.7. The summed E-state index contributed by atoms with van der Waals surface area (Å²) < 4.78 is 0. The van der Waals surface area contributed by atoms with E-state index in [1.54, 1.807) is 13.8 Å². The Balaban J connectivity index is 5.59. The van der Waals surface area contributed by atoms with Crippen LogP contribution in [0.1, 0.15) is 46.5 Å². The molecule has 0 aliphatic carbocycles. The van der Waals surface area contributed by atoms with Crippen LogP contribution in [0, 0.1) is 5.92 Å². The molecule has 33 heavy (non-hydrogen) atoms. The molecular formula is C19H33N5O9. The van der Waals surface area contributed by atoms with Crippen LogP contribution >= 0.6 is 0 Å². The summed E-state index contributed by atoms with van der Waals surface area (Å²) in [4.78, 5) is 71.1. The second-order valence-electron chi connectivity index (χ2n) is 8.02. The lowest BCUT2D eigenvalue weighted by Gasteiger charge is -2.25. The van der Waals surface area contributed by atoms with E-state index in [9.17, 15) is 39.0 Å². The smallest absolute Gasteiger partial charge is 0.326 e. The standard InChI is InChI=1S/C19H33N5O9/c1-8(2)6-12(19(32)33)24-17(30)11(7-13(20)26)23-16(29)10(4-5-14(27)28)22-18(31)15(21)9(3)25/h8-12,15,25H,4-7,21H2,1-3H3,(H2,20,26)(H,22,31)(H,23,29)(H,24,30)(H,27,28)(H,32,33). The fraction of sp³-hybridized carbons (Fsp3) is 0.684. The van der Waals surface area contributed by atoms with Gasteiger partial charge in [0.2, 0.25) is 23.6 Å². The highest BCUT2D eigenvalue weighted by molar-refractivity contribution is 5.96. The van der Waals surface area contributed by atoms with Crippen LogP contribution in [0.4, 0.5) is 0 Å². The number of aliphatic carboxylic acids is 2. The molecule has 0 aromatic heterocycles. The Bertz CT molecular complexity index is 741. The van der Waals surface area contributed by atoms with E-state index in [0.717, 1.165) is 0 Å². The molecule has 0 spiro atoms. The molecule has 0 rings (SSSR count). The van der Waals surface area contributed by atoms with Gasteiger partial charge >= 0.3 is 11.9 Å². The first kappa shape index (κ1) is 29.7. The van der Waals surface area contributed by atoms with E-state index in [-0.39, 0.29) is 12.3 Å². The minimum absolute atomic E-state index is 0.0762. The van der Waals surface area contributed by atoms with Gasteiger partial charge in [-0.1, -0.05) is 13.8 Å². The first-order valence-electron chi connectivity index (χ1n) is 10.2. The summed E-state index contributed by atoms with van der Waals surface area (Å²) in [6.45, 7) is 4.71. The highest BCUT2D eigenvalue weighted by Gasteiger charge is 2.32. The van der Waals surface area contributed by atoms with Crippen LogP contribution in [0.2, 0.25) is 0 Å². The predicted molar refractivity (Wildman–Crippen MR) is 113 cm³/mol. The Hall–Kier alpha value is -3.26. The van der Waals surface area contributed by atoms with Crippen molar-refractivity contribution in [1.29, 1.82) is 0 Å². The van der Waals surface area contributed by atoms with E-state index >= 15 is 0 Å². The maximum absolute atomic E-state index is 12.7. The van der Waals surface area contributed by atoms with E-state index in [4.69, 9.17) is 16.6 Å². The molecule has 14 nitrogen and oxygen atoms in total. The Kier molecular flexibility index (Phi) is 12.6. The van der Waals surface area contributed by atoms with Crippen molar-refractivity contribution in [2.45, 2.75) is 76.7 Å². The van der Waals surface area contributed by atoms with Gasteiger partial charge in [0.15, 0.2) is 0 Å². The van der Waals surface area contributed by atoms with Crippen molar-refractivity contribution in [2.75, 3.05) is 0 Å².